The van der Waals surface area contributed by atoms with Crippen molar-refractivity contribution in [3.63, 3.8) is 0 Å². The zero-order chi connectivity index (χ0) is 14.9. The predicted octanol–water partition coefficient (Wildman–Crippen LogP) is 1.09. The Balaban J connectivity index is 2.33. The van der Waals surface area contributed by atoms with E-state index in [-0.39, 0.29) is 17.9 Å². The molecule has 1 amide bonds. The van der Waals surface area contributed by atoms with Crippen molar-refractivity contribution in [1.29, 1.82) is 0 Å². The maximum Gasteiger partial charge on any atom is 0.328 e. The lowest BCUT2D eigenvalue weighted by Crippen LogP contribution is -2.68. The molecule has 0 saturated carbocycles. The zero-order valence-corrected chi connectivity index (χ0v) is 11.9. The molecule has 1 saturated heterocycles. The van der Waals surface area contributed by atoms with Crippen LogP contribution < -0.4 is 5.73 Å². The van der Waals surface area contributed by atoms with E-state index in [0.29, 0.717) is 0 Å². The molecule has 1 aliphatic rings. The first-order valence-corrected chi connectivity index (χ1v) is 6.69. The summed E-state index contributed by atoms with van der Waals surface area (Å²) in [4.78, 5) is 25.6. The van der Waals surface area contributed by atoms with Crippen molar-refractivity contribution >= 4 is 11.9 Å². The second-order valence-corrected chi connectivity index (χ2v) is 5.34. The number of hydrogen-bond acceptors (Lipinski definition) is 4. The number of carbonyl (C=O) groups is 2. The fourth-order valence-electron chi connectivity index (χ4n) is 2.69. The molecule has 1 aromatic carbocycles. The second kappa shape index (κ2) is 5.63. The summed E-state index contributed by atoms with van der Waals surface area (Å²) in [5, 5.41) is 0. The first-order chi connectivity index (χ1) is 9.49. The molecule has 108 valence electrons. The Morgan fingerprint density at radius 2 is 1.90 bits per heavy atom. The van der Waals surface area contributed by atoms with Crippen LogP contribution in [-0.4, -0.2) is 36.0 Å². The highest BCUT2D eigenvalue weighted by molar-refractivity contribution is 5.94. The van der Waals surface area contributed by atoms with E-state index in [4.69, 9.17) is 10.5 Å². The van der Waals surface area contributed by atoms with Crippen LogP contribution in [-0.2, 0) is 14.3 Å². The van der Waals surface area contributed by atoms with Crippen LogP contribution in [0.4, 0.5) is 0 Å². The van der Waals surface area contributed by atoms with Crippen LogP contribution in [0.3, 0.4) is 0 Å². The minimum Gasteiger partial charge on any atom is -0.467 e. The summed E-state index contributed by atoms with van der Waals surface area (Å²) >= 11 is 0. The molecule has 5 heteroatoms. The number of hydrogen-bond donors (Lipinski definition) is 1. The van der Waals surface area contributed by atoms with Gasteiger partial charge in [0.1, 0.15) is 12.1 Å². The second-order valence-electron chi connectivity index (χ2n) is 5.34. The molecule has 0 bridgehead atoms. The average Bonchev–Trinajstić information content (AvgIpc) is 2.46. The molecule has 20 heavy (non-hydrogen) atoms. The van der Waals surface area contributed by atoms with E-state index in [1.54, 1.807) is 4.90 Å². The molecule has 0 aromatic heterocycles. The lowest BCUT2D eigenvalue weighted by Gasteiger charge is -2.49. The van der Waals surface area contributed by atoms with Gasteiger partial charge in [-0.3, -0.25) is 4.79 Å². The number of amides is 1. The van der Waals surface area contributed by atoms with Gasteiger partial charge in [0.05, 0.1) is 13.2 Å². The van der Waals surface area contributed by atoms with Gasteiger partial charge in [-0.25, -0.2) is 4.79 Å². The van der Waals surface area contributed by atoms with Crippen LogP contribution in [0.1, 0.15) is 25.5 Å². The van der Waals surface area contributed by atoms with Crippen LogP contribution in [0.2, 0.25) is 0 Å². The molecule has 1 heterocycles. The molecule has 1 aliphatic heterocycles. The third-order valence-corrected chi connectivity index (χ3v) is 3.69. The Kier molecular flexibility index (Phi) is 4.09. The highest BCUT2D eigenvalue weighted by atomic mass is 16.5. The Labute approximate surface area is 118 Å². The number of ether oxygens (including phenoxy) is 1. The molecule has 3 unspecified atom stereocenters. The minimum atomic E-state index is -0.600. The van der Waals surface area contributed by atoms with E-state index in [2.05, 4.69) is 0 Å². The lowest BCUT2D eigenvalue weighted by molar-refractivity contribution is -0.168. The molecule has 0 aliphatic carbocycles. The summed E-state index contributed by atoms with van der Waals surface area (Å²) in [6.45, 7) is 3.78. The van der Waals surface area contributed by atoms with Crippen molar-refractivity contribution in [2.24, 2.45) is 11.7 Å². The third kappa shape index (κ3) is 2.29. The van der Waals surface area contributed by atoms with Gasteiger partial charge < -0.3 is 15.4 Å². The normalized spacial score (nSPS) is 23.4. The number of rotatable bonds is 4. The average molecular weight is 276 g/mol. The minimum absolute atomic E-state index is 0.0369. The van der Waals surface area contributed by atoms with Gasteiger partial charge in [-0.2, -0.15) is 0 Å². The molecular formula is C15H20N2O3. The zero-order valence-electron chi connectivity index (χ0n) is 11.9. The summed E-state index contributed by atoms with van der Waals surface area (Å²) in [6.07, 6.45) is 0. The first kappa shape index (κ1) is 14.5. The predicted molar refractivity (Wildman–Crippen MR) is 74.6 cm³/mol. The van der Waals surface area contributed by atoms with Gasteiger partial charge in [0.2, 0.25) is 5.91 Å². The molecule has 0 radical (unpaired) electrons. The monoisotopic (exact) mass is 276 g/mol. The van der Waals surface area contributed by atoms with Crippen LogP contribution in [0.5, 0.6) is 0 Å². The van der Waals surface area contributed by atoms with Crippen molar-refractivity contribution in [1.82, 2.24) is 4.90 Å². The van der Waals surface area contributed by atoms with E-state index >= 15 is 0 Å². The summed E-state index contributed by atoms with van der Waals surface area (Å²) in [5.74, 6) is -0.644. The molecular weight excluding hydrogens is 256 g/mol. The molecule has 5 nitrogen and oxygen atoms in total. The number of benzene rings is 1. The van der Waals surface area contributed by atoms with Crippen LogP contribution in [0.25, 0.3) is 0 Å². The van der Waals surface area contributed by atoms with Gasteiger partial charge in [0.15, 0.2) is 0 Å². The standard InChI is InChI=1S/C15H20N2O3/c1-9(2)12(15(19)20-3)17-13(11(16)14(17)18)10-7-5-4-6-8-10/h4-9,11-13H,16H2,1-3H3. The maximum absolute atomic E-state index is 12.1. The van der Waals surface area contributed by atoms with E-state index < -0.39 is 18.1 Å². The highest BCUT2D eigenvalue weighted by Crippen LogP contribution is 2.37. The van der Waals surface area contributed by atoms with E-state index in [9.17, 15) is 9.59 Å². The highest BCUT2D eigenvalue weighted by Gasteiger charge is 2.51. The van der Waals surface area contributed by atoms with Crippen molar-refractivity contribution in [2.45, 2.75) is 32.0 Å². The maximum atomic E-state index is 12.1. The SMILES string of the molecule is COC(=O)C(C(C)C)N1C(=O)C(N)C1c1ccccc1. The third-order valence-electron chi connectivity index (χ3n) is 3.69. The van der Waals surface area contributed by atoms with Crippen LogP contribution >= 0.6 is 0 Å². The Morgan fingerprint density at radius 3 is 2.40 bits per heavy atom. The smallest absolute Gasteiger partial charge is 0.328 e. The van der Waals surface area contributed by atoms with Crippen molar-refractivity contribution < 1.29 is 14.3 Å². The van der Waals surface area contributed by atoms with Gasteiger partial charge in [-0.05, 0) is 11.5 Å². The number of β-lactam (4-membered cyclic amide) rings is 1. The van der Waals surface area contributed by atoms with Gasteiger partial charge in [-0.15, -0.1) is 0 Å². The first-order valence-electron chi connectivity index (χ1n) is 6.69. The van der Waals surface area contributed by atoms with Crippen molar-refractivity contribution in [3.05, 3.63) is 35.9 Å². The van der Waals surface area contributed by atoms with Crippen molar-refractivity contribution in [3.8, 4) is 0 Å². The Bertz CT molecular complexity index is 501. The fraction of sp³-hybridized carbons (Fsp3) is 0.467. The van der Waals surface area contributed by atoms with E-state index in [1.807, 2.05) is 44.2 Å². The number of nitrogens with two attached hydrogens (primary N) is 1. The molecule has 2 N–H and O–H groups in total. The topological polar surface area (TPSA) is 72.6 Å². The molecule has 2 rings (SSSR count). The summed E-state index contributed by atoms with van der Waals surface area (Å²) in [5.41, 5.74) is 6.86. The largest absolute Gasteiger partial charge is 0.467 e. The summed E-state index contributed by atoms with van der Waals surface area (Å²) in [7, 11) is 1.33. The number of likely N-dealkylation sites (tertiary alicyclic amines) is 1. The molecule has 1 fully saturated rings. The number of methoxy groups -OCH3 is 1. The van der Waals surface area contributed by atoms with Gasteiger partial charge in [-0.1, -0.05) is 44.2 Å². The Morgan fingerprint density at radius 1 is 1.30 bits per heavy atom. The fourth-order valence-corrected chi connectivity index (χ4v) is 2.69. The summed E-state index contributed by atoms with van der Waals surface area (Å²) < 4.78 is 4.82. The number of esters is 1. The molecule has 1 aromatic rings. The number of nitrogens with zero attached hydrogens (tertiary/aromatic N) is 1. The van der Waals surface area contributed by atoms with Gasteiger partial charge in [0, 0.05) is 0 Å². The molecule has 3 atom stereocenters. The lowest BCUT2D eigenvalue weighted by atomic mass is 9.85. The van der Waals surface area contributed by atoms with Crippen molar-refractivity contribution in [2.75, 3.05) is 7.11 Å². The van der Waals surface area contributed by atoms with E-state index in [1.165, 1.54) is 7.11 Å². The quantitative estimate of drug-likeness (QED) is 0.660. The van der Waals surface area contributed by atoms with Crippen LogP contribution in [0, 0.1) is 5.92 Å². The summed E-state index contributed by atoms with van der Waals surface area (Å²) in [6, 6.07) is 8.06. The number of carbonyl (C=O) groups excluding carboxylic acids is 2. The van der Waals surface area contributed by atoms with Gasteiger partial charge >= 0.3 is 5.97 Å². The van der Waals surface area contributed by atoms with Gasteiger partial charge in [0.25, 0.3) is 0 Å². The van der Waals surface area contributed by atoms with Crippen LogP contribution in [0.15, 0.2) is 30.3 Å². The Hall–Kier alpha value is -1.88. The van der Waals surface area contributed by atoms with E-state index in [0.717, 1.165) is 5.56 Å². The molecule has 0 spiro atoms.